The highest BCUT2D eigenvalue weighted by atomic mass is 32.2. The third kappa shape index (κ3) is 7.58. The molecule has 0 spiro atoms. The van der Waals surface area contributed by atoms with Crippen LogP contribution in [0.25, 0.3) is 0 Å². The molecule has 27 heavy (non-hydrogen) atoms. The summed E-state index contributed by atoms with van der Waals surface area (Å²) in [5, 5.41) is 24.0. The van der Waals surface area contributed by atoms with Crippen molar-refractivity contribution in [3.63, 3.8) is 0 Å². The van der Waals surface area contributed by atoms with Crippen molar-refractivity contribution in [1.82, 2.24) is 10.6 Å². The lowest BCUT2D eigenvalue weighted by atomic mass is 10.2. The van der Waals surface area contributed by atoms with Crippen LogP contribution in [-0.4, -0.2) is 44.8 Å². The van der Waals surface area contributed by atoms with Crippen LogP contribution < -0.4 is 21.1 Å². The number of amides is 2. The molecule has 0 aromatic heterocycles. The second-order valence-corrected chi connectivity index (χ2v) is 7.51. The molecule has 0 unspecified atom stereocenters. The first-order chi connectivity index (χ1) is 12.5. The molecule has 2 amide bonds. The van der Waals surface area contributed by atoms with Crippen LogP contribution in [-0.2, 0) is 19.6 Å². The SMILES string of the molecule is CC(C)C(=O)NCCNC(=O)CCNc1ccc(S(N)(=O)=O)cc1[N+](=O)[O-]. The van der Waals surface area contributed by atoms with E-state index in [9.17, 15) is 28.1 Å². The van der Waals surface area contributed by atoms with Gasteiger partial charge in [-0.05, 0) is 12.1 Å². The fourth-order valence-electron chi connectivity index (χ4n) is 1.98. The van der Waals surface area contributed by atoms with Gasteiger partial charge in [-0.3, -0.25) is 19.7 Å². The Labute approximate surface area is 156 Å². The number of nitro benzene ring substituents is 1. The molecular weight excluding hydrogens is 378 g/mol. The summed E-state index contributed by atoms with van der Waals surface area (Å²) in [5.74, 6) is -0.549. The summed E-state index contributed by atoms with van der Waals surface area (Å²) >= 11 is 0. The molecule has 0 aliphatic heterocycles. The summed E-state index contributed by atoms with van der Waals surface area (Å²) in [4.78, 5) is 33.1. The third-order valence-electron chi connectivity index (χ3n) is 3.43. The molecule has 12 heteroatoms. The van der Waals surface area contributed by atoms with E-state index < -0.39 is 20.6 Å². The number of anilines is 1. The molecule has 150 valence electrons. The van der Waals surface area contributed by atoms with Crippen molar-refractivity contribution in [3.8, 4) is 0 Å². The summed E-state index contributed by atoms with van der Waals surface area (Å²) < 4.78 is 22.6. The molecule has 5 N–H and O–H groups in total. The van der Waals surface area contributed by atoms with E-state index in [1.165, 1.54) is 6.07 Å². The normalized spacial score (nSPS) is 11.1. The van der Waals surface area contributed by atoms with Gasteiger partial charge in [0, 0.05) is 38.0 Å². The second kappa shape index (κ2) is 9.83. The Kier molecular flexibility index (Phi) is 8.12. The first-order valence-corrected chi connectivity index (χ1v) is 9.66. The number of carbonyl (C=O) groups is 2. The standard InChI is InChI=1S/C15H23N5O6S/c1-10(2)15(22)19-8-7-18-14(21)5-6-17-12-4-3-11(27(16,25)26)9-13(12)20(23)24/h3-4,9-10,17H,5-8H2,1-2H3,(H,18,21)(H,19,22)(H2,16,25,26). The number of nitrogens with two attached hydrogens (primary N) is 1. The Morgan fingerprint density at radius 2 is 1.81 bits per heavy atom. The van der Waals surface area contributed by atoms with Crippen LogP contribution in [0.3, 0.4) is 0 Å². The van der Waals surface area contributed by atoms with Gasteiger partial charge in [0.1, 0.15) is 5.69 Å². The predicted molar refractivity (Wildman–Crippen MR) is 98.4 cm³/mol. The Balaban J connectivity index is 2.50. The van der Waals surface area contributed by atoms with Crippen LogP contribution in [0.2, 0.25) is 0 Å². The molecule has 0 radical (unpaired) electrons. The molecule has 0 aliphatic carbocycles. The first-order valence-electron chi connectivity index (χ1n) is 8.12. The van der Waals surface area contributed by atoms with Gasteiger partial charge < -0.3 is 16.0 Å². The van der Waals surface area contributed by atoms with E-state index >= 15 is 0 Å². The summed E-state index contributed by atoms with van der Waals surface area (Å²) in [6.07, 6.45) is 0.0339. The maximum absolute atomic E-state index is 11.7. The average molecular weight is 401 g/mol. The molecule has 1 aromatic carbocycles. The van der Waals surface area contributed by atoms with E-state index in [0.29, 0.717) is 6.54 Å². The summed E-state index contributed by atoms with van der Waals surface area (Å²) in [5.41, 5.74) is -0.386. The second-order valence-electron chi connectivity index (χ2n) is 5.95. The third-order valence-corrected chi connectivity index (χ3v) is 4.34. The Bertz CT molecular complexity index is 809. The zero-order chi connectivity index (χ0) is 20.6. The van der Waals surface area contributed by atoms with Gasteiger partial charge in [-0.1, -0.05) is 13.8 Å². The van der Waals surface area contributed by atoms with Crippen molar-refractivity contribution in [3.05, 3.63) is 28.3 Å². The lowest BCUT2D eigenvalue weighted by molar-refractivity contribution is -0.384. The van der Waals surface area contributed by atoms with Crippen LogP contribution in [0, 0.1) is 16.0 Å². The van der Waals surface area contributed by atoms with Gasteiger partial charge in [0.05, 0.1) is 9.82 Å². The smallest absolute Gasteiger partial charge is 0.293 e. The summed E-state index contributed by atoms with van der Waals surface area (Å²) in [6, 6.07) is 3.22. The molecule has 0 fully saturated rings. The van der Waals surface area contributed by atoms with E-state index in [2.05, 4.69) is 16.0 Å². The van der Waals surface area contributed by atoms with Crippen molar-refractivity contribution in [1.29, 1.82) is 0 Å². The lowest BCUT2D eigenvalue weighted by Gasteiger charge is -2.10. The Morgan fingerprint density at radius 3 is 2.37 bits per heavy atom. The van der Waals surface area contributed by atoms with Crippen LogP contribution >= 0.6 is 0 Å². The number of hydrogen-bond acceptors (Lipinski definition) is 7. The number of hydrogen-bond donors (Lipinski definition) is 4. The van der Waals surface area contributed by atoms with Gasteiger partial charge in [0.2, 0.25) is 21.8 Å². The quantitative estimate of drug-likeness (QED) is 0.241. The molecule has 1 rings (SSSR count). The molecular formula is C15H23N5O6S. The number of sulfonamides is 1. The predicted octanol–water partition coefficient (Wildman–Crippen LogP) is -0.0674. The van der Waals surface area contributed by atoms with Crippen molar-refractivity contribution < 1.29 is 22.9 Å². The van der Waals surface area contributed by atoms with Crippen LogP contribution in [0.15, 0.2) is 23.1 Å². The largest absolute Gasteiger partial charge is 0.379 e. The van der Waals surface area contributed by atoms with E-state index in [1.54, 1.807) is 13.8 Å². The van der Waals surface area contributed by atoms with Gasteiger partial charge in [-0.25, -0.2) is 13.6 Å². The fraction of sp³-hybridized carbons (Fsp3) is 0.467. The summed E-state index contributed by atoms with van der Waals surface area (Å²) in [6.45, 7) is 4.18. The number of nitro groups is 1. The van der Waals surface area contributed by atoms with E-state index in [1.807, 2.05) is 0 Å². The Morgan fingerprint density at radius 1 is 1.19 bits per heavy atom. The van der Waals surface area contributed by atoms with Gasteiger partial charge in [-0.2, -0.15) is 0 Å². The fourth-order valence-corrected chi connectivity index (χ4v) is 2.51. The van der Waals surface area contributed by atoms with Crippen LogP contribution in [0.1, 0.15) is 20.3 Å². The maximum Gasteiger partial charge on any atom is 0.293 e. The number of primary sulfonamides is 1. The molecule has 0 saturated heterocycles. The van der Waals surface area contributed by atoms with Crippen molar-refractivity contribution >= 4 is 33.2 Å². The molecule has 0 atom stereocenters. The van der Waals surface area contributed by atoms with Gasteiger partial charge in [0.15, 0.2) is 0 Å². The van der Waals surface area contributed by atoms with Crippen molar-refractivity contribution in [2.24, 2.45) is 11.1 Å². The zero-order valence-electron chi connectivity index (χ0n) is 15.0. The monoisotopic (exact) mass is 401 g/mol. The zero-order valence-corrected chi connectivity index (χ0v) is 15.8. The lowest BCUT2D eigenvalue weighted by Crippen LogP contribution is -2.36. The van der Waals surface area contributed by atoms with E-state index in [0.717, 1.165) is 12.1 Å². The summed E-state index contributed by atoms with van der Waals surface area (Å²) in [7, 11) is -4.06. The number of nitrogens with zero attached hydrogens (tertiary/aromatic N) is 1. The molecule has 11 nitrogen and oxygen atoms in total. The highest BCUT2D eigenvalue weighted by Gasteiger charge is 2.19. The number of nitrogens with one attached hydrogen (secondary N) is 3. The molecule has 1 aromatic rings. The highest BCUT2D eigenvalue weighted by Crippen LogP contribution is 2.27. The number of rotatable bonds is 10. The molecule has 0 saturated carbocycles. The van der Waals surface area contributed by atoms with Gasteiger partial charge >= 0.3 is 0 Å². The van der Waals surface area contributed by atoms with Crippen molar-refractivity contribution in [2.45, 2.75) is 25.2 Å². The Hall–Kier alpha value is -2.73. The van der Waals surface area contributed by atoms with Gasteiger partial charge in [-0.15, -0.1) is 0 Å². The number of carbonyl (C=O) groups excluding carboxylic acids is 2. The van der Waals surface area contributed by atoms with E-state index in [-0.39, 0.29) is 47.8 Å². The molecule has 0 heterocycles. The van der Waals surface area contributed by atoms with Crippen LogP contribution in [0.4, 0.5) is 11.4 Å². The van der Waals surface area contributed by atoms with Crippen molar-refractivity contribution in [2.75, 3.05) is 25.0 Å². The first kappa shape index (κ1) is 22.3. The maximum atomic E-state index is 11.7. The van der Waals surface area contributed by atoms with Gasteiger partial charge in [0.25, 0.3) is 5.69 Å². The number of benzene rings is 1. The minimum absolute atomic E-state index is 0.0339. The molecule has 0 bridgehead atoms. The molecule has 0 aliphatic rings. The minimum Gasteiger partial charge on any atom is -0.379 e. The van der Waals surface area contributed by atoms with E-state index in [4.69, 9.17) is 5.14 Å². The topological polar surface area (TPSA) is 174 Å². The average Bonchev–Trinajstić information content (AvgIpc) is 2.57. The highest BCUT2D eigenvalue weighted by molar-refractivity contribution is 7.89. The minimum atomic E-state index is -4.06. The van der Waals surface area contributed by atoms with Crippen LogP contribution in [0.5, 0.6) is 0 Å².